The Morgan fingerprint density at radius 2 is 1.62 bits per heavy atom. The lowest BCUT2D eigenvalue weighted by atomic mass is 9.96. The molecule has 0 heterocycles. The van der Waals surface area contributed by atoms with Gasteiger partial charge in [0.2, 0.25) is 10.0 Å². The van der Waals surface area contributed by atoms with E-state index >= 15 is 0 Å². The van der Waals surface area contributed by atoms with Gasteiger partial charge < -0.3 is 5.32 Å². The summed E-state index contributed by atoms with van der Waals surface area (Å²) in [4.78, 5) is 24.1. The summed E-state index contributed by atoms with van der Waals surface area (Å²) in [6.45, 7) is 1.46. The van der Waals surface area contributed by atoms with Crippen LogP contribution in [0.5, 0.6) is 0 Å². The number of nitrogens with zero attached hydrogens (tertiary/aromatic N) is 1. The molecule has 1 fully saturated rings. The van der Waals surface area contributed by atoms with Crippen molar-refractivity contribution in [2.75, 3.05) is 12.4 Å². The van der Waals surface area contributed by atoms with E-state index in [0.29, 0.717) is 16.8 Å². The Kier molecular flexibility index (Phi) is 6.49. The molecule has 1 saturated carbocycles. The second-order valence-corrected chi connectivity index (χ2v) is 9.43. The summed E-state index contributed by atoms with van der Waals surface area (Å²) in [5, 5.41) is 2.74. The lowest BCUT2D eigenvalue weighted by Gasteiger charge is -2.30. The van der Waals surface area contributed by atoms with Gasteiger partial charge in [-0.05, 0) is 56.2 Å². The SMILES string of the molecule is CC(=O)c1cccc(NC(=O)c2ccc(S(=O)(=O)N(C)C3CCCCC3)cc2)c1. The highest BCUT2D eigenvalue weighted by Gasteiger charge is 2.29. The highest BCUT2D eigenvalue weighted by Crippen LogP contribution is 2.26. The van der Waals surface area contributed by atoms with E-state index in [2.05, 4.69) is 5.32 Å². The van der Waals surface area contributed by atoms with E-state index in [1.807, 2.05) is 0 Å². The van der Waals surface area contributed by atoms with Crippen LogP contribution < -0.4 is 5.32 Å². The maximum absolute atomic E-state index is 12.9. The molecule has 1 amide bonds. The van der Waals surface area contributed by atoms with Crippen LogP contribution in [-0.4, -0.2) is 37.5 Å². The molecule has 0 aromatic heterocycles. The van der Waals surface area contributed by atoms with E-state index in [9.17, 15) is 18.0 Å². The summed E-state index contributed by atoms with van der Waals surface area (Å²) in [6.07, 6.45) is 5.03. The fourth-order valence-electron chi connectivity index (χ4n) is 3.60. The average Bonchev–Trinajstić information content (AvgIpc) is 2.74. The van der Waals surface area contributed by atoms with Gasteiger partial charge in [-0.25, -0.2) is 8.42 Å². The first kappa shape index (κ1) is 21.2. The third-order valence-electron chi connectivity index (χ3n) is 5.41. The number of benzene rings is 2. The van der Waals surface area contributed by atoms with Gasteiger partial charge in [-0.3, -0.25) is 9.59 Å². The van der Waals surface area contributed by atoms with Crippen LogP contribution >= 0.6 is 0 Å². The highest BCUT2D eigenvalue weighted by atomic mass is 32.2. The number of nitrogens with one attached hydrogen (secondary N) is 1. The summed E-state index contributed by atoms with van der Waals surface area (Å²) in [5.74, 6) is -0.451. The minimum atomic E-state index is -3.59. The second-order valence-electron chi connectivity index (χ2n) is 7.43. The molecule has 29 heavy (non-hydrogen) atoms. The van der Waals surface area contributed by atoms with Crippen LogP contribution in [0.3, 0.4) is 0 Å². The zero-order valence-corrected chi connectivity index (χ0v) is 17.5. The van der Waals surface area contributed by atoms with Gasteiger partial charge in [0.15, 0.2) is 5.78 Å². The van der Waals surface area contributed by atoms with Crippen molar-refractivity contribution in [2.45, 2.75) is 50.0 Å². The molecule has 0 spiro atoms. The van der Waals surface area contributed by atoms with Crippen LogP contribution in [-0.2, 0) is 10.0 Å². The third kappa shape index (κ3) is 4.92. The molecule has 0 radical (unpaired) electrons. The lowest BCUT2D eigenvalue weighted by molar-refractivity contribution is 0.101. The molecule has 6 nitrogen and oxygen atoms in total. The van der Waals surface area contributed by atoms with E-state index in [4.69, 9.17) is 0 Å². The summed E-state index contributed by atoms with van der Waals surface area (Å²) < 4.78 is 27.3. The molecule has 3 rings (SSSR count). The number of sulfonamides is 1. The molecule has 0 unspecified atom stereocenters. The second kappa shape index (κ2) is 8.88. The van der Waals surface area contributed by atoms with Gasteiger partial charge in [0, 0.05) is 29.9 Å². The number of carbonyl (C=O) groups is 2. The summed E-state index contributed by atoms with van der Waals surface area (Å²) in [6, 6.07) is 12.7. The molecule has 154 valence electrons. The molecular formula is C22H26N2O4S. The summed E-state index contributed by atoms with van der Waals surface area (Å²) in [7, 11) is -1.96. The van der Waals surface area contributed by atoms with Gasteiger partial charge in [-0.1, -0.05) is 31.4 Å². The maximum atomic E-state index is 12.9. The Morgan fingerprint density at radius 1 is 0.966 bits per heavy atom. The van der Waals surface area contributed by atoms with Crippen LogP contribution in [0.2, 0.25) is 0 Å². The van der Waals surface area contributed by atoms with E-state index in [0.717, 1.165) is 32.1 Å². The van der Waals surface area contributed by atoms with Crippen LogP contribution in [0.25, 0.3) is 0 Å². The zero-order chi connectivity index (χ0) is 21.0. The predicted molar refractivity (Wildman–Crippen MR) is 113 cm³/mol. The summed E-state index contributed by atoms with van der Waals surface area (Å²) >= 11 is 0. The topological polar surface area (TPSA) is 83.5 Å². The Balaban J connectivity index is 1.73. The van der Waals surface area contributed by atoms with Crippen molar-refractivity contribution in [1.29, 1.82) is 0 Å². The Morgan fingerprint density at radius 3 is 2.24 bits per heavy atom. The smallest absolute Gasteiger partial charge is 0.255 e. The van der Waals surface area contributed by atoms with Crippen molar-refractivity contribution in [3.63, 3.8) is 0 Å². The van der Waals surface area contributed by atoms with Crippen molar-refractivity contribution < 1.29 is 18.0 Å². The molecular weight excluding hydrogens is 388 g/mol. The largest absolute Gasteiger partial charge is 0.322 e. The van der Waals surface area contributed by atoms with Crippen molar-refractivity contribution in [2.24, 2.45) is 0 Å². The quantitative estimate of drug-likeness (QED) is 0.722. The molecule has 1 N–H and O–H groups in total. The highest BCUT2D eigenvalue weighted by molar-refractivity contribution is 7.89. The number of carbonyl (C=O) groups excluding carboxylic acids is 2. The van der Waals surface area contributed by atoms with Gasteiger partial charge >= 0.3 is 0 Å². The first-order chi connectivity index (χ1) is 13.8. The van der Waals surface area contributed by atoms with Gasteiger partial charge in [0.05, 0.1) is 4.90 Å². The third-order valence-corrected chi connectivity index (χ3v) is 7.33. The Hall–Kier alpha value is -2.51. The standard InChI is InChI=1S/C22H26N2O4S/c1-16(25)18-7-6-8-19(15-18)23-22(26)17-11-13-21(14-12-17)29(27,28)24(2)20-9-4-3-5-10-20/h6-8,11-15,20H,3-5,9-10H2,1-2H3,(H,23,26). The molecule has 2 aromatic rings. The molecule has 0 atom stereocenters. The number of rotatable bonds is 6. The van der Waals surface area contributed by atoms with E-state index in [-0.39, 0.29) is 22.6 Å². The Bertz CT molecular complexity index is 994. The van der Waals surface area contributed by atoms with Crippen molar-refractivity contribution in [1.82, 2.24) is 4.31 Å². The fraction of sp³-hybridized carbons (Fsp3) is 0.364. The minimum Gasteiger partial charge on any atom is -0.322 e. The normalized spacial score (nSPS) is 15.3. The number of ketones is 1. The van der Waals surface area contributed by atoms with Crippen molar-refractivity contribution in [3.05, 3.63) is 59.7 Å². The average molecular weight is 415 g/mol. The van der Waals surface area contributed by atoms with Crippen LogP contribution in [0.1, 0.15) is 59.7 Å². The van der Waals surface area contributed by atoms with Crippen LogP contribution in [0, 0.1) is 0 Å². The number of amides is 1. The number of hydrogen-bond acceptors (Lipinski definition) is 4. The Labute approximate surface area is 172 Å². The fourth-order valence-corrected chi connectivity index (χ4v) is 5.02. The summed E-state index contributed by atoms with van der Waals surface area (Å²) in [5.41, 5.74) is 1.36. The number of Topliss-reactive ketones (excluding diaryl/α,β-unsaturated/α-hetero) is 1. The van der Waals surface area contributed by atoms with E-state index < -0.39 is 10.0 Å². The van der Waals surface area contributed by atoms with Gasteiger partial charge in [-0.15, -0.1) is 0 Å². The maximum Gasteiger partial charge on any atom is 0.255 e. The van der Waals surface area contributed by atoms with E-state index in [1.54, 1.807) is 31.3 Å². The first-order valence-electron chi connectivity index (χ1n) is 9.79. The van der Waals surface area contributed by atoms with Crippen LogP contribution in [0.15, 0.2) is 53.4 Å². The minimum absolute atomic E-state index is 0.0327. The molecule has 0 aliphatic heterocycles. The number of hydrogen-bond donors (Lipinski definition) is 1. The van der Waals surface area contributed by atoms with Gasteiger partial charge in [-0.2, -0.15) is 4.31 Å². The molecule has 2 aromatic carbocycles. The van der Waals surface area contributed by atoms with Gasteiger partial charge in [0.25, 0.3) is 5.91 Å². The number of anilines is 1. The molecule has 1 aliphatic rings. The van der Waals surface area contributed by atoms with Crippen molar-refractivity contribution in [3.8, 4) is 0 Å². The molecule has 0 bridgehead atoms. The predicted octanol–water partition coefficient (Wildman–Crippen LogP) is 4.09. The van der Waals surface area contributed by atoms with E-state index in [1.165, 1.54) is 35.5 Å². The monoisotopic (exact) mass is 414 g/mol. The molecule has 0 saturated heterocycles. The van der Waals surface area contributed by atoms with Crippen molar-refractivity contribution >= 4 is 27.4 Å². The first-order valence-corrected chi connectivity index (χ1v) is 11.2. The lowest BCUT2D eigenvalue weighted by Crippen LogP contribution is -2.38. The van der Waals surface area contributed by atoms with Crippen LogP contribution in [0.4, 0.5) is 5.69 Å². The molecule has 7 heteroatoms. The zero-order valence-electron chi connectivity index (χ0n) is 16.7. The van der Waals surface area contributed by atoms with Gasteiger partial charge in [0.1, 0.15) is 0 Å². The molecule has 1 aliphatic carbocycles.